The topological polar surface area (TPSA) is 70.5 Å². The molecule has 1 aromatic heterocycles. The van der Waals surface area contributed by atoms with Crippen LogP contribution in [-0.2, 0) is 4.79 Å². The lowest BCUT2D eigenvalue weighted by molar-refractivity contribution is -0.137. The zero-order valence-electron chi connectivity index (χ0n) is 14.6. The molecule has 5 nitrogen and oxygen atoms in total. The Morgan fingerprint density at radius 2 is 1.88 bits per heavy atom. The molecular formula is C20H22N2O3. The van der Waals surface area contributed by atoms with E-state index in [4.69, 9.17) is 4.98 Å². The predicted molar refractivity (Wildman–Crippen MR) is 94.9 cm³/mol. The Kier molecular flexibility index (Phi) is 3.74. The van der Waals surface area contributed by atoms with Crippen molar-refractivity contribution in [3.63, 3.8) is 0 Å². The van der Waals surface area contributed by atoms with Gasteiger partial charge in [-0.25, -0.2) is 0 Å². The minimum atomic E-state index is -0.964. The molecule has 2 fully saturated rings. The molecule has 2 aliphatic rings. The van der Waals surface area contributed by atoms with Crippen LogP contribution in [0.2, 0.25) is 0 Å². The largest absolute Gasteiger partial charge is 0.480 e. The summed E-state index contributed by atoms with van der Waals surface area (Å²) in [5.41, 5.74) is 4.57. The van der Waals surface area contributed by atoms with E-state index in [1.807, 2.05) is 26.0 Å². The SMILES string of the molecule is Cc1cc(C)c2nc(C3CC3)cc(C(=O)N(CC(=O)O)C3CC3)c2c1. The first kappa shape index (κ1) is 16.1. The molecule has 2 saturated carbocycles. The molecule has 1 amide bonds. The third-order valence-corrected chi connectivity index (χ3v) is 5.05. The predicted octanol–water partition coefficient (Wildman–Crippen LogP) is 3.42. The second-order valence-corrected chi connectivity index (χ2v) is 7.40. The van der Waals surface area contributed by atoms with Crippen molar-refractivity contribution >= 4 is 22.8 Å². The number of amides is 1. The molecule has 1 heterocycles. The van der Waals surface area contributed by atoms with Gasteiger partial charge in [-0.1, -0.05) is 11.6 Å². The number of carboxylic acid groups (broad SMARTS) is 1. The van der Waals surface area contributed by atoms with Gasteiger partial charge in [-0.15, -0.1) is 0 Å². The summed E-state index contributed by atoms with van der Waals surface area (Å²) in [5, 5.41) is 10.0. The van der Waals surface area contributed by atoms with Gasteiger partial charge in [0.05, 0.1) is 11.1 Å². The fourth-order valence-corrected chi connectivity index (χ4v) is 3.52. The second-order valence-electron chi connectivity index (χ2n) is 7.40. The number of pyridine rings is 1. The number of fused-ring (bicyclic) bond motifs is 1. The average Bonchev–Trinajstić information content (AvgIpc) is 3.44. The van der Waals surface area contributed by atoms with Gasteiger partial charge in [-0.2, -0.15) is 0 Å². The monoisotopic (exact) mass is 338 g/mol. The first-order valence-corrected chi connectivity index (χ1v) is 8.88. The normalized spacial score (nSPS) is 16.9. The highest BCUT2D eigenvalue weighted by Gasteiger charge is 2.36. The van der Waals surface area contributed by atoms with Gasteiger partial charge in [0, 0.05) is 23.0 Å². The van der Waals surface area contributed by atoms with Crippen molar-refractivity contribution in [2.24, 2.45) is 0 Å². The van der Waals surface area contributed by atoms with E-state index in [2.05, 4.69) is 6.07 Å². The smallest absolute Gasteiger partial charge is 0.323 e. The summed E-state index contributed by atoms with van der Waals surface area (Å²) in [4.78, 5) is 30.8. The number of hydrogen-bond acceptors (Lipinski definition) is 3. The lowest BCUT2D eigenvalue weighted by Gasteiger charge is -2.22. The van der Waals surface area contributed by atoms with Crippen molar-refractivity contribution < 1.29 is 14.7 Å². The van der Waals surface area contributed by atoms with Crippen molar-refractivity contribution in [2.45, 2.75) is 51.5 Å². The number of carboxylic acids is 1. The number of benzene rings is 1. The first-order chi connectivity index (χ1) is 11.9. The van der Waals surface area contributed by atoms with E-state index in [0.29, 0.717) is 11.5 Å². The highest BCUT2D eigenvalue weighted by Crippen LogP contribution is 2.41. The van der Waals surface area contributed by atoms with E-state index < -0.39 is 5.97 Å². The number of rotatable bonds is 5. The van der Waals surface area contributed by atoms with Crippen molar-refractivity contribution in [1.29, 1.82) is 0 Å². The average molecular weight is 338 g/mol. The highest BCUT2D eigenvalue weighted by molar-refractivity contribution is 6.08. The van der Waals surface area contributed by atoms with E-state index in [1.54, 1.807) is 0 Å². The van der Waals surface area contributed by atoms with Gasteiger partial charge < -0.3 is 10.0 Å². The lowest BCUT2D eigenvalue weighted by atomic mass is 9.99. The molecule has 0 atom stereocenters. The maximum absolute atomic E-state index is 13.2. The maximum atomic E-state index is 13.2. The standard InChI is InChI=1S/C20H22N2O3/c1-11-7-12(2)19-15(8-11)16(9-17(21-19)13-3-4-13)20(25)22(10-18(23)24)14-5-6-14/h7-9,13-14H,3-6,10H2,1-2H3,(H,23,24). The number of aryl methyl sites for hydroxylation is 2. The number of hydrogen-bond donors (Lipinski definition) is 1. The molecule has 0 saturated heterocycles. The minimum Gasteiger partial charge on any atom is -0.480 e. The van der Waals surface area contributed by atoms with Crippen molar-refractivity contribution in [3.05, 3.63) is 40.6 Å². The van der Waals surface area contributed by atoms with Crippen LogP contribution in [0.4, 0.5) is 0 Å². The van der Waals surface area contributed by atoms with Crippen LogP contribution in [0.25, 0.3) is 10.9 Å². The summed E-state index contributed by atoms with van der Waals surface area (Å²) < 4.78 is 0. The van der Waals surface area contributed by atoms with E-state index >= 15 is 0 Å². The zero-order valence-corrected chi connectivity index (χ0v) is 14.6. The molecule has 130 valence electrons. The number of aliphatic carboxylic acids is 1. The van der Waals surface area contributed by atoms with Crippen LogP contribution in [0.1, 0.15) is 58.8 Å². The Morgan fingerprint density at radius 1 is 1.16 bits per heavy atom. The van der Waals surface area contributed by atoms with Gasteiger partial charge in [0.1, 0.15) is 6.54 Å². The Balaban J connectivity index is 1.86. The molecule has 2 aromatic rings. The number of carbonyl (C=O) groups is 2. The molecule has 2 aliphatic carbocycles. The van der Waals surface area contributed by atoms with Gasteiger partial charge in [0.15, 0.2) is 0 Å². The molecule has 0 radical (unpaired) electrons. The van der Waals surface area contributed by atoms with Crippen LogP contribution < -0.4 is 0 Å². The molecule has 0 unspecified atom stereocenters. The summed E-state index contributed by atoms with van der Waals surface area (Å²) in [5.74, 6) is -0.705. The van der Waals surface area contributed by atoms with Crippen LogP contribution in [-0.4, -0.2) is 39.5 Å². The summed E-state index contributed by atoms with van der Waals surface area (Å²) in [7, 11) is 0. The lowest BCUT2D eigenvalue weighted by Crippen LogP contribution is -2.37. The Morgan fingerprint density at radius 3 is 2.48 bits per heavy atom. The van der Waals surface area contributed by atoms with E-state index in [9.17, 15) is 14.7 Å². The summed E-state index contributed by atoms with van der Waals surface area (Å²) in [6.45, 7) is 3.78. The van der Waals surface area contributed by atoms with Gasteiger partial charge >= 0.3 is 5.97 Å². The molecule has 0 bridgehead atoms. The van der Waals surface area contributed by atoms with Crippen LogP contribution in [0.15, 0.2) is 18.2 Å². The van der Waals surface area contributed by atoms with Gasteiger partial charge in [0.25, 0.3) is 5.91 Å². The molecule has 5 heteroatoms. The number of carbonyl (C=O) groups excluding carboxylic acids is 1. The van der Waals surface area contributed by atoms with Gasteiger partial charge in [-0.3, -0.25) is 14.6 Å². The summed E-state index contributed by atoms with van der Waals surface area (Å²) in [6.07, 6.45) is 3.99. The molecule has 1 aromatic carbocycles. The minimum absolute atomic E-state index is 0.0575. The summed E-state index contributed by atoms with van der Waals surface area (Å²) >= 11 is 0. The Bertz CT molecular complexity index is 882. The van der Waals surface area contributed by atoms with Crippen LogP contribution in [0.3, 0.4) is 0 Å². The molecule has 0 aliphatic heterocycles. The molecular weight excluding hydrogens is 316 g/mol. The van der Waals surface area contributed by atoms with E-state index in [1.165, 1.54) is 4.90 Å². The molecule has 0 spiro atoms. The Hall–Kier alpha value is -2.43. The highest BCUT2D eigenvalue weighted by atomic mass is 16.4. The van der Waals surface area contributed by atoms with Crippen molar-refractivity contribution in [2.75, 3.05) is 6.54 Å². The molecule has 4 rings (SSSR count). The van der Waals surface area contributed by atoms with Crippen LogP contribution in [0, 0.1) is 13.8 Å². The van der Waals surface area contributed by atoms with Gasteiger partial charge in [0.2, 0.25) is 0 Å². The van der Waals surface area contributed by atoms with Crippen LogP contribution >= 0.6 is 0 Å². The van der Waals surface area contributed by atoms with Crippen molar-refractivity contribution in [1.82, 2.24) is 9.88 Å². The maximum Gasteiger partial charge on any atom is 0.323 e. The number of nitrogens with zero attached hydrogens (tertiary/aromatic N) is 2. The third-order valence-electron chi connectivity index (χ3n) is 5.05. The number of aromatic nitrogens is 1. The fraction of sp³-hybridized carbons (Fsp3) is 0.450. The summed E-state index contributed by atoms with van der Waals surface area (Å²) in [6, 6.07) is 6.03. The van der Waals surface area contributed by atoms with E-state index in [-0.39, 0.29) is 18.5 Å². The van der Waals surface area contributed by atoms with Gasteiger partial charge in [-0.05, 0) is 57.2 Å². The van der Waals surface area contributed by atoms with E-state index in [0.717, 1.165) is 53.4 Å². The van der Waals surface area contributed by atoms with Crippen molar-refractivity contribution in [3.8, 4) is 0 Å². The third kappa shape index (κ3) is 3.11. The molecule has 1 N–H and O–H groups in total. The Labute approximate surface area is 146 Å². The van der Waals surface area contributed by atoms with Crippen LogP contribution in [0.5, 0.6) is 0 Å². The molecule has 25 heavy (non-hydrogen) atoms. The second kappa shape index (κ2) is 5.83. The fourth-order valence-electron chi connectivity index (χ4n) is 3.52. The quantitative estimate of drug-likeness (QED) is 0.907. The zero-order chi connectivity index (χ0) is 17.7. The first-order valence-electron chi connectivity index (χ1n) is 8.88.